The molecule has 2 aromatic rings. The molecule has 1 aromatic heterocycles. The number of aromatic amines is 1. The van der Waals surface area contributed by atoms with E-state index in [2.05, 4.69) is 43.9 Å². The first-order chi connectivity index (χ1) is 9.70. The summed E-state index contributed by atoms with van der Waals surface area (Å²) in [5, 5.41) is 0. The Kier molecular flexibility index (Phi) is 4.38. The zero-order valence-electron chi connectivity index (χ0n) is 11.7. The summed E-state index contributed by atoms with van der Waals surface area (Å²) in [6, 6.07) is 6.13. The van der Waals surface area contributed by atoms with Crippen LogP contribution in [-0.2, 0) is 11.3 Å². The van der Waals surface area contributed by atoms with Crippen molar-refractivity contribution < 1.29 is 4.74 Å². The number of fused-ring (bicyclic) bond motifs is 1. The van der Waals surface area contributed by atoms with Crippen LogP contribution in [0.2, 0.25) is 0 Å². The highest BCUT2D eigenvalue weighted by Crippen LogP contribution is 2.19. The Balaban J connectivity index is 1.63. The highest BCUT2D eigenvalue weighted by atomic mass is 79.9. The van der Waals surface area contributed by atoms with Crippen molar-refractivity contribution in [3.63, 3.8) is 0 Å². The molecule has 1 N–H and O–H groups in total. The van der Waals surface area contributed by atoms with Crippen LogP contribution in [-0.4, -0.2) is 41.7 Å². The summed E-state index contributed by atoms with van der Waals surface area (Å²) in [6.45, 7) is 3.75. The first-order valence-corrected chi connectivity index (χ1v) is 7.90. The number of hydrogen-bond acceptors (Lipinski definition) is 3. The van der Waals surface area contributed by atoms with E-state index in [1.807, 2.05) is 12.1 Å². The van der Waals surface area contributed by atoms with E-state index in [1.165, 1.54) is 12.8 Å². The lowest BCUT2D eigenvalue weighted by atomic mass is 10.0. The molecule has 1 aromatic carbocycles. The highest BCUT2D eigenvalue weighted by Gasteiger charge is 2.16. The molecule has 1 aliphatic heterocycles. The van der Waals surface area contributed by atoms with Crippen molar-refractivity contribution in [3.8, 4) is 0 Å². The van der Waals surface area contributed by atoms with Gasteiger partial charge in [-0.05, 0) is 44.0 Å². The summed E-state index contributed by atoms with van der Waals surface area (Å²) >= 11 is 3.49. The third-order valence-corrected chi connectivity index (χ3v) is 4.23. The van der Waals surface area contributed by atoms with E-state index in [-0.39, 0.29) is 0 Å². The summed E-state index contributed by atoms with van der Waals surface area (Å²) in [6.07, 6.45) is 2.47. The van der Waals surface area contributed by atoms with E-state index in [0.717, 1.165) is 47.6 Å². The van der Waals surface area contributed by atoms with Gasteiger partial charge in [-0.2, -0.15) is 0 Å². The van der Waals surface area contributed by atoms with Crippen molar-refractivity contribution in [1.82, 2.24) is 14.9 Å². The van der Waals surface area contributed by atoms with Crippen LogP contribution in [0.3, 0.4) is 0 Å². The molecule has 108 valence electrons. The fourth-order valence-corrected chi connectivity index (χ4v) is 3.18. The van der Waals surface area contributed by atoms with Crippen molar-refractivity contribution in [2.24, 2.45) is 5.92 Å². The van der Waals surface area contributed by atoms with Gasteiger partial charge in [0.2, 0.25) is 0 Å². The maximum absolute atomic E-state index is 5.54. The predicted molar refractivity (Wildman–Crippen MR) is 83.7 cm³/mol. The van der Waals surface area contributed by atoms with Crippen LogP contribution in [0.1, 0.15) is 18.7 Å². The van der Waals surface area contributed by atoms with Gasteiger partial charge >= 0.3 is 0 Å². The number of rotatable bonds is 4. The molecule has 2 heterocycles. The SMILES string of the molecule is CN(Cc1nc2ccc(Br)cc2[nH]1)C[C@@H]1CCCOC1. The van der Waals surface area contributed by atoms with E-state index in [4.69, 9.17) is 4.74 Å². The van der Waals surface area contributed by atoms with E-state index >= 15 is 0 Å². The van der Waals surface area contributed by atoms with E-state index < -0.39 is 0 Å². The summed E-state index contributed by atoms with van der Waals surface area (Å²) in [7, 11) is 2.15. The average molecular weight is 338 g/mol. The second-order valence-electron chi connectivity index (χ2n) is 5.62. The lowest BCUT2D eigenvalue weighted by Gasteiger charge is -2.26. The van der Waals surface area contributed by atoms with Crippen LogP contribution in [0, 0.1) is 5.92 Å². The largest absolute Gasteiger partial charge is 0.381 e. The molecule has 4 nitrogen and oxygen atoms in total. The number of imidazole rings is 1. The second kappa shape index (κ2) is 6.24. The molecule has 0 bridgehead atoms. The number of halogens is 1. The Labute approximate surface area is 127 Å². The number of nitrogens with one attached hydrogen (secondary N) is 1. The number of benzene rings is 1. The maximum Gasteiger partial charge on any atom is 0.121 e. The molecule has 0 saturated carbocycles. The minimum Gasteiger partial charge on any atom is -0.381 e. The molecule has 0 unspecified atom stereocenters. The highest BCUT2D eigenvalue weighted by molar-refractivity contribution is 9.10. The predicted octanol–water partition coefficient (Wildman–Crippen LogP) is 3.18. The van der Waals surface area contributed by atoms with Gasteiger partial charge in [0.05, 0.1) is 24.2 Å². The van der Waals surface area contributed by atoms with E-state index in [9.17, 15) is 0 Å². The third-order valence-electron chi connectivity index (χ3n) is 3.74. The molecule has 0 amide bonds. The normalized spacial score (nSPS) is 19.9. The third kappa shape index (κ3) is 3.40. The Hall–Kier alpha value is -0.910. The van der Waals surface area contributed by atoms with Crippen LogP contribution in [0.4, 0.5) is 0 Å². The van der Waals surface area contributed by atoms with Gasteiger partial charge < -0.3 is 9.72 Å². The first kappa shape index (κ1) is 14.0. The average Bonchev–Trinajstić information content (AvgIpc) is 2.80. The van der Waals surface area contributed by atoms with Crippen LogP contribution < -0.4 is 0 Å². The van der Waals surface area contributed by atoms with Gasteiger partial charge in [-0.15, -0.1) is 0 Å². The summed E-state index contributed by atoms with van der Waals surface area (Å²) in [4.78, 5) is 10.4. The van der Waals surface area contributed by atoms with Crippen molar-refractivity contribution in [2.45, 2.75) is 19.4 Å². The second-order valence-corrected chi connectivity index (χ2v) is 6.54. The van der Waals surface area contributed by atoms with Crippen molar-refractivity contribution in [2.75, 3.05) is 26.8 Å². The summed E-state index contributed by atoms with van der Waals surface area (Å²) in [5.41, 5.74) is 2.11. The van der Waals surface area contributed by atoms with Gasteiger partial charge in [-0.1, -0.05) is 15.9 Å². The van der Waals surface area contributed by atoms with Crippen LogP contribution in [0.25, 0.3) is 11.0 Å². The molecule has 1 atom stereocenters. The topological polar surface area (TPSA) is 41.2 Å². The molecule has 1 aliphatic rings. The molecule has 0 radical (unpaired) electrons. The molecule has 0 spiro atoms. The monoisotopic (exact) mass is 337 g/mol. The molecular weight excluding hydrogens is 318 g/mol. The zero-order valence-corrected chi connectivity index (χ0v) is 13.3. The van der Waals surface area contributed by atoms with Crippen LogP contribution >= 0.6 is 15.9 Å². The number of ether oxygens (including phenoxy) is 1. The molecule has 1 saturated heterocycles. The molecule has 3 rings (SSSR count). The van der Waals surface area contributed by atoms with Crippen LogP contribution in [0.15, 0.2) is 22.7 Å². The molecule has 5 heteroatoms. The van der Waals surface area contributed by atoms with Crippen molar-refractivity contribution in [1.29, 1.82) is 0 Å². The lowest BCUT2D eigenvalue weighted by molar-refractivity contribution is 0.0409. The minimum absolute atomic E-state index is 0.660. The Morgan fingerprint density at radius 2 is 2.40 bits per heavy atom. The fraction of sp³-hybridized carbons (Fsp3) is 0.533. The smallest absolute Gasteiger partial charge is 0.121 e. The number of hydrogen-bond donors (Lipinski definition) is 1. The van der Waals surface area contributed by atoms with Gasteiger partial charge in [0, 0.05) is 17.6 Å². The standard InChI is InChI=1S/C15H20BrN3O/c1-19(8-11-3-2-6-20-10-11)9-15-17-13-5-4-12(16)7-14(13)18-15/h4-5,7,11H,2-3,6,8-10H2,1H3,(H,17,18)/t11-/m0/s1. The summed E-state index contributed by atoms with van der Waals surface area (Å²) in [5.74, 6) is 1.68. The van der Waals surface area contributed by atoms with Gasteiger partial charge in [-0.3, -0.25) is 4.90 Å². The quantitative estimate of drug-likeness (QED) is 0.931. The summed E-state index contributed by atoms with van der Waals surface area (Å²) < 4.78 is 6.62. The fourth-order valence-electron chi connectivity index (χ4n) is 2.82. The minimum atomic E-state index is 0.660. The molecule has 0 aliphatic carbocycles. The van der Waals surface area contributed by atoms with Crippen molar-refractivity contribution in [3.05, 3.63) is 28.5 Å². The Bertz CT molecular complexity index is 578. The first-order valence-electron chi connectivity index (χ1n) is 7.11. The van der Waals surface area contributed by atoms with E-state index in [0.29, 0.717) is 5.92 Å². The van der Waals surface area contributed by atoms with Gasteiger partial charge in [0.1, 0.15) is 5.82 Å². The molecule has 20 heavy (non-hydrogen) atoms. The Morgan fingerprint density at radius 1 is 1.50 bits per heavy atom. The Morgan fingerprint density at radius 3 is 3.20 bits per heavy atom. The van der Waals surface area contributed by atoms with Crippen molar-refractivity contribution >= 4 is 27.0 Å². The molecule has 1 fully saturated rings. The number of H-pyrrole nitrogens is 1. The molecular formula is C15H20BrN3O. The van der Waals surface area contributed by atoms with Gasteiger partial charge in [0.25, 0.3) is 0 Å². The lowest BCUT2D eigenvalue weighted by Crippen LogP contribution is -2.30. The number of nitrogens with zero attached hydrogens (tertiary/aromatic N) is 2. The maximum atomic E-state index is 5.54. The zero-order chi connectivity index (χ0) is 13.9. The van der Waals surface area contributed by atoms with Gasteiger partial charge in [0.15, 0.2) is 0 Å². The number of aromatic nitrogens is 2. The van der Waals surface area contributed by atoms with Gasteiger partial charge in [-0.25, -0.2) is 4.98 Å². The van der Waals surface area contributed by atoms with Crippen LogP contribution in [0.5, 0.6) is 0 Å². The van der Waals surface area contributed by atoms with E-state index in [1.54, 1.807) is 0 Å².